The average molecular weight is 284 g/mol. The highest BCUT2D eigenvalue weighted by Crippen LogP contribution is 2.22. The molecule has 112 valence electrons. The van der Waals surface area contributed by atoms with E-state index in [1.165, 1.54) is 24.3 Å². The molecule has 21 heavy (non-hydrogen) atoms. The molecule has 3 rings (SSSR count). The number of hydrogen-bond acceptors (Lipinski definition) is 3. The second-order valence-corrected chi connectivity index (χ2v) is 5.96. The first-order valence-corrected chi connectivity index (χ1v) is 7.61. The van der Waals surface area contributed by atoms with Gasteiger partial charge in [-0.3, -0.25) is 0 Å². The van der Waals surface area contributed by atoms with Gasteiger partial charge in [-0.05, 0) is 56.8 Å². The minimum absolute atomic E-state index is 0.849. The van der Waals surface area contributed by atoms with Gasteiger partial charge in [-0.15, -0.1) is 0 Å². The number of benzene rings is 1. The van der Waals surface area contributed by atoms with Crippen LogP contribution in [0.5, 0.6) is 0 Å². The summed E-state index contributed by atoms with van der Waals surface area (Å²) in [4.78, 5) is 4.88. The fourth-order valence-corrected chi connectivity index (χ4v) is 2.86. The molecule has 1 fully saturated rings. The van der Waals surface area contributed by atoms with Crippen molar-refractivity contribution in [3.05, 3.63) is 42.2 Å². The Morgan fingerprint density at radius 2 is 1.86 bits per heavy atom. The summed E-state index contributed by atoms with van der Waals surface area (Å²) in [7, 11) is 2.20. The number of rotatable bonds is 2. The van der Waals surface area contributed by atoms with Gasteiger partial charge in [0, 0.05) is 43.4 Å². The van der Waals surface area contributed by atoms with Gasteiger partial charge >= 0.3 is 0 Å². The molecule has 2 heterocycles. The summed E-state index contributed by atoms with van der Waals surface area (Å²) >= 11 is 0. The number of nitrogens with zero attached hydrogens (tertiary/aromatic N) is 3. The summed E-state index contributed by atoms with van der Waals surface area (Å²) in [5.41, 5.74) is 10.3. The molecular formula is C17H24N4. The molecular weight excluding hydrogens is 260 g/mol. The Balaban J connectivity index is 1.80. The monoisotopic (exact) mass is 284 g/mol. The van der Waals surface area contributed by atoms with E-state index in [-0.39, 0.29) is 0 Å². The lowest BCUT2D eigenvalue weighted by atomic mass is 10.2. The normalized spacial score (nSPS) is 17.0. The fourth-order valence-electron chi connectivity index (χ4n) is 2.86. The number of aromatic nitrogens is 1. The van der Waals surface area contributed by atoms with Crippen LogP contribution in [-0.4, -0.2) is 42.7 Å². The zero-order chi connectivity index (χ0) is 14.8. The van der Waals surface area contributed by atoms with E-state index in [4.69, 9.17) is 5.73 Å². The molecule has 0 amide bonds. The van der Waals surface area contributed by atoms with Gasteiger partial charge in [0.15, 0.2) is 0 Å². The maximum Gasteiger partial charge on any atom is 0.0550 e. The van der Waals surface area contributed by atoms with Crippen LogP contribution in [0.4, 0.5) is 11.4 Å². The van der Waals surface area contributed by atoms with Crippen molar-refractivity contribution in [2.75, 3.05) is 43.9 Å². The van der Waals surface area contributed by atoms with Crippen molar-refractivity contribution < 1.29 is 0 Å². The Bertz CT molecular complexity index is 617. The third-order valence-electron chi connectivity index (χ3n) is 4.31. The highest BCUT2D eigenvalue weighted by atomic mass is 15.2. The van der Waals surface area contributed by atoms with Crippen LogP contribution in [0.25, 0.3) is 5.69 Å². The van der Waals surface area contributed by atoms with E-state index in [0.717, 1.165) is 30.9 Å². The molecule has 1 aliphatic rings. The van der Waals surface area contributed by atoms with E-state index in [1.807, 2.05) is 13.0 Å². The third kappa shape index (κ3) is 3.05. The quantitative estimate of drug-likeness (QED) is 0.861. The average Bonchev–Trinajstić information content (AvgIpc) is 2.85. The minimum atomic E-state index is 0.849. The van der Waals surface area contributed by atoms with Crippen LogP contribution in [0, 0.1) is 6.92 Å². The van der Waals surface area contributed by atoms with Gasteiger partial charge < -0.3 is 20.1 Å². The Kier molecular flexibility index (Phi) is 3.88. The van der Waals surface area contributed by atoms with E-state index in [1.54, 1.807) is 0 Å². The van der Waals surface area contributed by atoms with E-state index in [9.17, 15) is 0 Å². The number of nitrogens with two attached hydrogens (primary N) is 1. The fraction of sp³-hybridized carbons (Fsp3) is 0.412. The Morgan fingerprint density at radius 1 is 1.00 bits per heavy atom. The molecule has 0 spiro atoms. The topological polar surface area (TPSA) is 37.4 Å². The SMILES string of the molecule is Cc1cc(-n2ccc(N3CCCN(C)CC3)c2)ccc1N. The Hall–Kier alpha value is -1.94. The van der Waals surface area contributed by atoms with Crippen LogP contribution in [0.15, 0.2) is 36.7 Å². The first-order chi connectivity index (χ1) is 10.1. The second-order valence-electron chi connectivity index (χ2n) is 5.96. The Labute approximate surface area is 126 Å². The molecule has 2 aromatic rings. The highest BCUT2D eigenvalue weighted by Gasteiger charge is 2.13. The maximum absolute atomic E-state index is 5.90. The predicted octanol–water partition coefficient (Wildman–Crippen LogP) is 2.51. The lowest BCUT2D eigenvalue weighted by molar-refractivity contribution is 0.360. The van der Waals surface area contributed by atoms with Crippen molar-refractivity contribution in [3.8, 4) is 5.69 Å². The van der Waals surface area contributed by atoms with Gasteiger partial charge in [0.1, 0.15) is 0 Å². The minimum Gasteiger partial charge on any atom is -0.399 e. The first-order valence-electron chi connectivity index (χ1n) is 7.61. The molecule has 0 unspecified atom stereocenters. The summed E-state index contributed by atoms with van der Waals surface area (Å²) in [6, 6.07) is 8.39. The molecule has 1 aromatic carbocycles. The number of hydrogen-bond donors (Lipinski definition) is 1. The van der Waals surface area contributed by atoms with E-state index < -0.39 is 0 Å². The van der Waals surface area contributed by atoms with E-state index in [2.05, 4.69) is 52.0 Å². The van der Waals surface area contributed by atoms with Crippen LogP contribution < -0.4 is 10.6 Å². The first kappa shape index (κ1) is 14.0. The lowest BCUT2D eigenvalue weighted by Gasteiger charge is -2.21. The zero-order valence-electron chi connectivity index (χ0n) is 12.9. The largest absolute Gasteiger partial charge is 0.399 e. The van der Waals surface area contributed by atoms with Crippen LogP contribution in [-0.2, 0) is 0 Å². The molecule has 4 heteroatoms. The van der Waals surface area contributed by atoms with Gasteiger partial charge in [-0.1, -0.05) is 0 Å². The maximum atomic E-state index is 5.90. The predicted molar refractivity (Wildman–Crippen MR) is 89.2 cm³/mol. The molecule has 1 aromatic heterocycles. The van der Waals surface area contributed by atoms with Crippen molar-refractivity contribution in [1.82, 2.24) is 9.47 Å². The van der Waals surface area contributed by atoms with Crippen molar-refractivity contribution in [1.29, 1.82) is 0 Å². The summed E-state index contributed by atoms with van der Waals surface area (Å²) in [5, 5.41) is 0. The third-order valence-corrected chi connectivity index (χ3v) is 4.31. The number of anilines is 2. The number of likely N-dealkylation sites (N-methyl/N-ethyl adjacent to an activating group) is 1. The van der Waals surface area contributed by atoms with Gasteiger partial charge in [0.2, 0.25) is 0 Å². The van der Waals surface area contributed by atoms with Gasteiger partial charge in [-0.25, -0.2) is 0 Å². The molecule has 0 radical (unpaired) electrons. The summed E-state index contributed by atoms with van der Waals surface area (Å²) in [5.74, 6) is 0. The summed E-state index contributed by atoms with van der Waals surface area (Å²) in [6.45, 7) is 6.60. The number of nitrogen functional groups attached to an aromatic ring is 1. The van der Waals surface area contributed by atoms with Crippen LogP contribution in [0.2, 0.25) is 0 Å². The molecule has 0 aliphatic carbocycles. The van der Waals surface area contributed by atoms with Crippen LogP contribution >= 0.6 is 0 Å². The second kappa shape index (κ2) is 5.82. The van der Waals surface area contributed by atoms with Gasteiger partial charge in [-0.2, -0.15) is 0 Å². The lowest BCUT2D eigenvalue weighted by Crippen LogP contribution is -2.28. The summed E-state index contributed by atoms with van der Waals surface area (Å²) < 4.78 is 2.18. The molecule has 0 bridgehead atoms. The van der Waals surface area contributed by atoms with Crippen molar-refractivity contribution in [2.24, 2.45) is 0 Å². The van der Waals surface area contributed by atoms with Gasteiger partial charge in [0.25, 0.3) is 0 Å². The van der Waals surface area contributed by atoms with Crippen molar-refractivity contribution in [3.63, 3.8) is 0 Å². The van der Waals surface area contributed by atoms with Crippen molar-refractivity contribution >= 4 is 11.4 Å². The highest BCUT2D eigenvalue weighted by molar-refractivity contribution is 5.54. The molecule has 0 saturated carbocycles. The Morgan fingerprint density at radius 3 is 2.67 bits per heavy atom. The van der Waals surface area contributed by atoms with Crippen LogP contribution in [0.1, 0.15) is 12.0 Å². The standard InChI is InChI=1S/C17H24N4/c1-14-12-15(4-5-17(14)18)21-9-6-16(13-21)20-8-3-7-19(2)10-11-20/h4-6,9,12-13H,3,7-8,10-11,18H2,1-2H3. The van der Waals surface area contributed by atoms with Gasteiger partial charge in [0.05, 0.1) is 5.69 Å². The van der Waals surface area contributed by atoms with Crippen LogP contribution in [0.3, 0.4) is 0 Å². The van der Waals surface area contributed by atoms with Crippen molar-refractivity contribution in [2.45, 2.75) is 13.3 Å². The molecule has 1 saturated heterocycles. The summed E-state index contributed by atoms with van der Waals surface area (Å²) in [6.07, 6.45) is 5.58. The van der Waals surface area contributed by atoms with E-state index in [0.29, 0.717) is 0 Å². The molecule has 2 N–H and O–H groups in total. The molecule has 4 nitrogen and oxygen atoms in total. The smallest absolute Gasteiger partial charge is 0.0550 e. The molecule has 1 aliphatic heterocycles. The molecule has 0 atom stereocenters. The number of aryl methyl sites for hydroxylation is 1. The zero-order valence-corrected chi connectivity index (χ0v) is 12.9. The van der Waals surface area contributed by atoms with E-state index >= 15 is 0 Å².